The van der Waals surface area contributed by atoms with Crippen LogP contribution < -0.4 is 5.32 Å². The molecule has 0 atom stereocenters. The van der Waals surface area contributed by atoms with Crippen molar-refractivity contribution in [3.05, 3.63) is 60.4 Å². The predicted octanol–water partition coefficient (Wildman–Crippen LogP) is 2.90. The van der Waals surface area contributed by atoms with Gasteiger partial charge in [0.05, 0.1) is 35.4 Å². The molecule has 1 aliphatic carbocycles. The summed E-state index contributed by atoms with van der Waals surface area (Å²) in [5.41, 5.74) is 1.88. The normalized spacial score (nSPS) is 16.9. The Morgan fingerprint density at radius 1 is 1.12 bits per heavy atom. The lowest BCUT2D eigenvalue weighted by Crippen LogP contribution is -2.40. The van der Waals surface area contributed by atoms with Gasteiger partial charge in [0.25, 0.3) is 0 Å². The molecule has 0 unspecified atom stereocenters. The summed E-state index contributed by atoms with van der Waals surface area (Å²) in [6, 6.07) is 14.8. The van der Waals surface area contributed by atoms with Crippen LogP contribution in [0.1, 0.15) is 24.5 Å². The molecule has 1 aliphatic heterocycles. The van der Waals surface area contributed by atoms with Crippen LogP contribution in [0.2, 0.25) is 0 Å². The minimum atomic E-state index is -3.59. The summed E-state index contributed by atoms with van der Waals surface area (Å²) in [5.74, 6) is 1.06. The number of nitrogens with one attached hydrogen (secondary N) is 1. The quantitative estimate of drug-likeness (QED) is 0.475. The number of hydrogen-bond acceptors (Lipinski definition) is 7. The van der Waals surface area contributed by atoms with Crippen LogP contribution in [0, 0.1) is 0 Å². The molecule has 0 spiro atoms. The van der Waals surface area contributed by atoms with Crippen LogP contribution in [0.25, 0.3) is 5.69 Å². The minimum absolute atomic E-state index is 0.140. The molecule has 3 heterocycles. The van der Waals surface area contributed by atoms with Crippen molar-refractivity contribution in [2.24, 2.45) is 0 Å². The molecular weight excluding hydrogens is 474 g/mol. The Kier molecular flexibility index (Phi) is 6.68. The highest BCUT2D eigenvalue weighted by Crippen LogP contribution is 2.40. The topological polar surface area (TPSA) is 106 Å². The van der Waals surface area contributed by atoms with E-state index in [0.717, 1.165) is 24.2 Å². The maximum Gasteiger partial charge on any atom is 0.244 e. The molecule has 178 valence electrons. The van der Waals surface area contributed by atoms with Crippen molar-refractivity contribution >= 4 is 33.5 Å². The van der Waals surface area contributed by atoms with E-state index in [2.05, 4.69) is 10.3 Å². The van der Waals surface area contributed by atoms with Crippen LogP contribution >= 0.6 is 11.8 Å². The van der Waals surface area contributed by atoms with Gasteiger partial charge in [-0.05, 0) is 37.1 Å². The summed E-state index contributed by atoms with van der Waals surface area (Å²) in [6.45, 7) is 1.45. The number of pyridine rings is 1. The Labute approximate surface area is 202 Å². The number of hydrogen-bond donors (Lipinski definition) is 1. The number of aromatic nitrogens is 3. The Hall–Kier alpha value is -2.73. The lowest BCUT2D eigenvalue weighted by molar-refractivity contribution is -0.113. The number of rotatable bonds is 8. The van der Waals surface area contributed by atoms with Gasteiger partial charge in [0.15, 0.2) is 0 Å². The van der Waals surface area contributed by atoms with E-state index in [1.165, 1.54) is 28.3 Å². The summed E-state index contributed by atoms with van der Waals surface area (Å²) in [4.78, 5) is 17.1. The molecule has 0 radical (unpaired) electrons. The molecule has 3 aromatic rings. The third-order valence-electron chi connectivity index (χ3n) is 5.66. The van der Waals surface area contributed by atoms with Gasteiger partial charge in [-0.2, -0.15) is 9.40 Å². The van der Waals surface area contributed by atoms with Crippen LogP contribution in [0.4, 0.5) is 5.82 Å². The Morgan fingerprint density at radius 3 is 2.56 bits per heavy atom. The number of carbonyl (C=O) groups excluding carboxylic acids is 1. The molecule has 9 nitrogen and oxygen atoms in total. The molecule has 1 amide bonds. The molecule has 2 aliphatic rings. The third-order valence-corrected chi connectivity index (χ3v) is 8.49. The standard InChI is InChI=1S/C23H25N5O4S2/c29-22(25-21-14-20(17-6-7-17)26-28(21)18-4-2-1-3-5-18)16-33-23-9-8-19(15-24-23)34(30,31)27-10-12-32-13-11-27/h1-5,8-9,14-15,17H,6-7,10-13,16H2,(H,25,29). The summed E-state index contributed by atoms with van der Waals surface area (Å²) in [6.07, 6.45) is 3.59. The van der Waals surface area contributed by atoms with E-state index in [9.17, 15) is 13.2 Å². The van der Waals surface area contributed by atoms with Crippen molar-refractivity contribution in [3.8, 4) is 5.69 Å². The number of carbonyl (C=O) groups is 1. The maximum absolute atomic E-state index is 12.7. The van der Waals surface area contributed by atoms with E-state index < -0.39 is 10.0 Å². The number of ether oxygens (including phenoxy) is 1. The van der Waals surface area contributed by atoms with Gasteiger partial charge in [0, 0.05) is 31.3 Å². The average Bonchev–Trinajstić information content (AvgIpc) is 3.64. The van der Waals surface area contributed by atoms with Crippen molar-refractivity contribution in [1.82, 2.24) is 19.1 Å². The first-order chi connectivity index (χ1) is 16.5. The fourth-order valence-electron chi connectivity index (χ4n) is 3.69. The number of thioether (sulfide) groups is 1. The molecule has 1 aromatic carbocycles. The van der Waals surface area contributed by atoms with Crippen LogP contribution in [0.5, 0.6) is 0 Å². The fourth-order valence-corrected chi connectivity index (χ4v) is 5.69. The molecule has 5 rings (SSSR count). The van der Waals surface area contributed by atoms with Gasteiger partial charge in [0.2, 0.25) is 15.9 Å². The zero-order valence-electron chi connectivity index (χ0n) is 18.5. The van der Waals surface area contributed by atoms with E-state index >= 15 is 0 Å². The average molecular weight is 500 g/mol. The SMILES string of the molecule is O=C(CSc1ccc(S(=O)(=O)N2CCOCC2)cn1)Nc1cc(C2CC2)nn1-c1ccccc1. The number of amides is 1. The third kappa shape index (κ3) is 5.17. The molecule has 34 heavy (non-hydrogen) atoms. The van der Waals surface area contributed by atoms with Crippen molar-refractivity contribution in [3.63, 3.8) is 0 Å². The van der Waals surface area contributed by atoms with E-state index in [-0.39, 0.29) is 16.6 Å². The second kappa shape index (κ2) is 9.87. The number of sulfonamides is 1. The Balaban J connectivity index is 1.22. The monoisotopic (exact) mass is 499 g/mol. The summed E-state index contributed by atoms with van der Waals surface area (Å²) in [7, 11) is -3.59. The first-order valence-corrected chi connectivity index (χ1v) is 13.6. The van der Waals surface area contributed by atoms with E-state index in [1.807, 2.05) is 36.4 Å². The van der Waals surface area contributed by atoms with E-state index in [0.29, 0.717) is 43.1 Å². The minimum Gasteiger partial charge on any atom is -0.379 e. The van der Waals surface area contributed by atoms with Crippen LogP contribution in [0.15, 0.2) is 64.6 Å². The number of morpholine rings is 1. The number of nitrogens with zero attached hydrogens (tertiary/aromatic N) is 4. The Bertz CT molecular complexity index is 1250. The zero-order chi connectivity index (χ0) is 23.5. The lowest BCUT2D eigenvalue weighted by atomic mass is 10.3. The van der Waals surface area contributed by atoms with Crippen molar-refractivity contribution < 1.29 is 17.9 Å². The van der Waals surface area contributed by atoms with Crippen molar-refractivity contribution in [1.29, 1.82) is 0 Å². The molecule has 0 bridgehead atoms. The van der Waals surface area contributed by atoms with Crippen LogP contribution in [-0.2, 0) is 19.6 Å². The molecule has 1 saturated carbocycles. The number of para-hydroxylation sites is 1. The van der Waals surface area contributed by atoms with Crippen LogP contribution in [-0.4, -0.2) is 65.5 Å². The lowest BCUT2D eigenvalue weighted by Gasteiger charge is -2.25. The zero-order valence-corrected chi connectivity index (χ0v) is 20.1. The van der Waals surface area contributed by atoms with Gasteiger partial charge in [-0.25, -0.2) is 18.1 Å². The largest absolute Gasteiger partial charge is 0.379 e. The molecule has 1 N–H and O–H groups in total. The molecular formula is C23H25N5O4S2. The van der Waals surface area contributed by atoms with Gasteiger partial charge in [-0.15, -0.1) is 0 Å². The summed E-state index contributed by atoms with van der Waals surface area (Å²) < 4.78 is 33.8. The highest BCUT2D eigenvalue weighted by Gasteiger charge is 2.28. The van der Waals surface area contributed by atoms with Crippen molar-refractivity contribution in [2.45, 2.75) is 28.7 Å². The van der Waals surface area contributed by atoms with Gasteiger partial charge in [0.1, 0.15) is 10.7 Å². The second-order valence-corrected chi connectivity index (χ2v) is 11.1. The summed E-state index contributed by atoms with van der Waals surface area (Å²) in [5, 5.41) is 8.23. The number of anilines is 1. The summed E-state index contributed by atoms with van der Waals surface area (Å²) >= 11 is 1.25. The first kappa shape index (κ1) is 23.0. The van der Waals surface area contributed by atoms with Gasteiger partial charge in [-0.1, -0.05) is 30.0 Å². The van der Waals surface area contributed by atoms with E-state index in [4.69, 9.17) is 9.84 Å². The fraction of sp³-hybridized carbons (Fsp3) is 0.348. The molecule has 2 fully saturated rings. The Morgan fingerprint density at radius 2 is 1.88 bits per heavy atom. The first-order valence-electron chi connectivity index (χ1n) is 11.1. The predicted molar refractivity (Wildman–Crippen MR) is 129 cm³/mol. The van der Waals surface area contributed by atoms with E-state index in [1.54, 1.807) is 10.7 Å². The van der Waals surface area contributed by atoms with Gasteiger partial charge < -0.3 is 10.1 Å². The highest BCUT2D eigenvalue weighted by atomic mass is 32.2. The van der Waals surface area contributed by atoms with Gasteiger partial charge in [-0.3, -0.25) is 4.79 Å². The van der Waals surface area contributed by atoms with Crippen LogP contribution in [0.3, 0.4) is 0 Å². The molecule has 1 saturated heterocycles. The highest BCUT2D eigenvalue weighted by molar-refractivity contribution is 7.99. The maximum atomic E-state index is 12.7. The second-order valence-electron chi connectivity index (χ2n) is 8.16. The smallest absolute Gasteiger partial charge is 0.244 e. The number of benzene rings is 1. The van der Waals surface area contributed by atoms with Crippen molar-refractivity contribution in [2.75, 3.05) is 37.4 Å². The molecule has 2 aromatic heterocycles. The molecule has 11 heteroatoms. The van der Waals surface area contributed by atoms with Gasteiger partial charge >= 0.3 is 0 Å².